The van der Waals surface area contributed by atoms with E-state index >= 15 is 0 Å². The van der Waals surface area contributed by atoms with Gasteiger partial charge >= 0.3 is 0 Å². The molecule has 78 valence electrons. The van der Waals surface area contributed by atoms with Crippen LogP contribution < -0.4 is 10.1 Å². The van der Waals surface area contributed by atoms with Crippen LogP contribution in [0.5, 0.6) is 5.75 Å². The number of rotatable bonds is 5. The van der Waals surface area contributed by atoms with Gasteiger partial charge in [-0.1, -0.05) is 27.5 Å². The van der Waals surface area contributed by atoms with E-state index in [1.54, 1.807) is 7.11 Å². The summed E-state index contributed by atoms with van der Waals surface area (Å²) in [4.78, 5) is 0. The van der Waals surface area contributed by atoms with Gasteiger partial charge in [0.05, 0.1) is 7.11 Å². The predicted octanol–water partition coefficient (Wildman–Crippen LogP) is 2.83. The number of nitrogens with one attached hydrogen (secondary N) is 1. The van der Waals surface area contributed by atoms with Gasteiger partial charge in [0, 0.05) is 29.0 Å². The maximum Gasteiger partial charge on any atom is 0.123 e. The summed E-state index contributed by atoms with van der Waals surface area (Å²) in [5, 5.41) is 4.95. The van der Waals surface area contributed by atoms with E-state index in [2.05, 4.69) is 21.2 Å². The monoisotopic (exact) mass is 277 g/mol. The highest BCUT2D eigenvalue weighted by Crippen LogP contribution is 2.22. The Labute approximate surface area is 97.7 Å². The van der Waals surface area contributed by atoms with E-state index in [1.807, 2.05) is 18.2 Å². The van der Waals surface area contributed by atoms with Gasteiger partial charge in [-0.2, -0.15) is 0 Å². The summed E-state index contributed by atoms with van der Waals surface area (Å²) in [7, 11) is 1.66. The van der Waals surface area contributed by atoms with Gasteiger partial charge < -0.3 is 10.1 Å². The van der Waals surface area contributed by atoms with Crippen molar-refractivity contribution in [3.05, 3.63) is 28.8 Å². The van der Waals surface area contributed by atoms with Gasteiger partial charge in [0.25, 0.3) is 0 Å². The highest BCUT2D eigenvalue weighted by Gasteiger charge is 2.02. The molecule has 0 unspecified atom stereocenters. The molecule has 0 radical (unpaired) electrons. The smallest absolute Gasteiger partial charge is 0.123 e. The number of alkyl halides is 1. The average molecular weight is 279 g/mol. The standard InChI is InChI=1S/C10H13BrClNO/c1-14-10-3-2-9(12)6-8(10)7-13-5-4-11/h2-3,6,13H,4-5,7H2,1H3. The van der Waals surface area contributed by atoms with Crippen molar-refractivity contribution >= 4 is 27.5 Å². The molecule has 2 nitrogen and oxygen atoms in total. The molecule has 1 rings (SSSR count). The Morgan fingerprint density at radius 1 is 1.50 bits per heavy atom. The summed E-state index contributed by atoms with van der Waals surface area (Å²) < 4.78 is 5.22. The number of methoxy groups -OCH3 is 1. The molecular formula is C10H13BrClNO. The third kappa shape index (κ3) is 3.48. The first-order valence-electron chi connectivity index (χ1n) is 4.37. The van der Waals surface area contributed by atoms with E-state index in [9.17, 15) is 0 Å². The van der Waals surface area contributed by atoms with Gasteiger partial charge in [-0.25, -0.2) is 0 Å². The number of benzene rings is 1. The molecular weight excluding hydrogens is 265 g/mol. The summed E-state index contributed by atoms with van der Waals surface area (Å²) in [5.41, 5.74) is 1.08. The van der Waals surface area contributed by atoms with Crippen molar-refractivity contribution in [3.63, 3.8) is 0 Å². The molecule has 0 amide bonds. The molecule has 0 bridgehead atoms. The van der Waals surface area contributed by atoms with Crippen molar-refractivity contribution in [1.82, 2.24) is 5.32 Å². The summed E-state index contributed by atoms with van der Waals surface area (Å²) in [6, 6.07) is 5.63. The fourth-order valence-electron chi connectivity index (χ4n) is 1.18. The second-order valence-electron chi connectivity index (χ2n) is 2.82. The SMILES string of the molecule is COc1ccc(Cl)cc1CNCCBr. The minimum Gasteiger partial charge on any atom is -0.496 e. The molecule has 0 aliphatic heterocycles. The molecule has 1 aromatic rings. The molecule has 0 saturated heterocycles. The second kappa shape index (κ2) is 6.27. The molecule has 0 aromatic heterocycles. The lowest BCUT2D eigenvalue weighted by atomic mass is 10.2. The third-order valence-electron chi connectivity index (χ3n) is 1.83. The number of halogens is 2. The zero-order valence-electron chi connectivity index (χ0n) is 8.02. The van der Waals surface area contributed by atoms with Crippen molar-refractivity contribution in [2.75, 3.05) is 19.0 Å². The lowest BCUT2D eigenvalue weighted by Crippen LogP contribution is -2.16. The number of hydrogen-bond donors (Lipinski definition) is 1. The van der Waals surface area contributed by atoms with Crippen LogP contribution in [0.3, 0.4) is 0 Å². The Balaban J connectivity index is 2.67. The van der Waals surface area contributed by atoms with Crippen LogP contribution in [0.15, 0.2) is 18.2 Å². The van der Waals surface area contributed by atoms with Gasteiger partial charge in [0.2, 0.25) is 0 Å². The Kier molecular flexibility index (Phi) is 5.30. The van der Waals surface area contributed by atoms with Crippen LogP contribution in [0.2, 0.25) is 5.02 Å². The molecule has 1 N–H and O–H groups in total. The largest absolute Gasteiger partial charge is 0.496 e. The average Bonchev–Trinajstić information content (AvgIpc) is 2.19. The fraction of sp³-hybridized carbons (Fsp3) is 0.400. The van der Waals surface area contributed by atoms with E-state index in [-0.39, 0.29) is 0 Å². The van der Waals surface area contributed by atoms with Crippen molar-refractivity contribution in [1.29, 1.82) is 0 Å². The summed E-state index contributed by atoms with van der Waals surface area (Å²) in [5.74, 6) is 0.872. The van der Waals surface area contributed by atoms with Crippen molar-refractivity contribution in [3.8, 4) is 5.75 Å². The molecule has 0 saturated carbocycles. The molecule has 0 heterocycles. The molecule has 14 heavy (non-hydrogen) atoms. The van der Waals surface area contributed by atoms with E-state index in [4.69, 9.17) is 16.3 Å². The highest BCUT2D eigenvalue weighted by atomic mass is 79.9. The molecule has 0 atom stereocenters. The van der Waals surface area contributed by atoms with Crippen LogP contribution in [0.4, 0.5) is 0 Å². The van der Waals surface area contributed by atoms with Gasteiger partial charge in [-0.05, 0) is 18.2 Å². The lowest BCUT2D eigenvalue weighted by molar-refractivity contribution is 0.408. The third-order valence-corrected chi connectivity index (χ3v) is 2.46. The predicted molar refractivity (Wildman–Crippen MR) is 63.5 cm³/mol. The Morgan fingerprint density at radius 3 is 2.93 bits per heavy atom. The van der Waals surface area contributed by atoms with Crippen LogP contribution in [-0.4, -0.2) is 19.0 Å². The zero-order chi connectivity index (χ0) is 10.4. The van der Waals surface area contributed by atoms with E-state index < -0.39 is 0 Å². The molecule has 0 fully saturated rings. The van der Waals surface area contributed by atoms with Crippen molar-refractivity contribution in [2.45, 2.75) is 6.54 Å². The first-order chi connectivity index (χ1) is 6.77. The van der Waals surface area contributed by atoms with Crippen LogP contribution in [0.1, 0.15) is 5.56 Å². The summed E-state index contributed by atoms with van der Waals surface area (Å²) in [6.07, 6.45) is 0. The molecule has 4 heteroatoms. The number of hydrogen-bond acceptors (Lipinski definition) is 2. The maximum absolute atomic E-state index is 5.89. The molecule has 0 aliphatic carbocycles. The quantitative estimate of drug-likeness (QED) is 0.660. The first kappa shape index (κ1) is 11.8. The Bertz CT molecular complexity index is 293. The Hall–Kier alpha value is -0.250. The number of ether oxygens (including phenoxy) is 1. The molecule has 0 spiro atoms. The Morgan fingerprint density at radius 2 is 2.29 bits per heavy atom. The van der Waals surface area contributed by atoms with Crippen LogP contribution >= 0.6 is 27.5 Å². The van der Waals surface area contributed by atoms with Crippen LogP contribution in [0, 0.1) is 0 Å². The fourth-order valence-corrected chi connectivity index (χ4v) is 1.65. The van der Waals surface area contributed by atoms with E-state index in [0.717, 1.165) is 34.8 Å². The van der Waals surface area contributed by atoms with Gasteiger partial charge in [0.1, 0.15) is 5.75 Å². The van der Waals surface area contributed by atoms with Gasteiger partial charge in [0.15, 0.2) is 0 Å². The van der Waals surface area contributed by atoms with Crippen molar-refractivity contribution in [2.24, 2.45) is 0 Å². The highest BCUT2D eigenvalue weighted by molar-refractivity contribution is 9.09. The summed E-state index contributed by atoms with van der Waals surface area (Å²) >= 11 is 9.25. The summed E-state index contributed by atoms with van der Waals surface area (Å²) in [6.45, 7) is 1.70. The second-order valence-corrected chi connectivity index (χ2v) is 4.05. The minimum atomic E-state index is 0.737. The van der Waals surface area contributed by atoms with E-state index in [0.29, 0.717) is 0 Å². The molecule has 1 aromatic carbocycles. The van der Waals surface area contributed by atoms with Crippen LogP contribution in [-0.2, 0) is 6.54 Å². The van der Waals surface area contributed by atoms with E-state index in [1.165, 1.54) is 0 Å². The maximum atomic E-state index is 5.89. The molecule has 0 aliphatic rings. The normalized spacial score (nSPS) is 10.2. The first-order valence-corrected chi connectivity index (χ1v) is 5.87. The van der Waals surface area contributed by atoms with Gasteiger partial charge in [-0.15, -0.1) is 0 Å². The minimum absolute atomic E-state index is 0.737. The van der Waals surface area contributed by atoms with Crippen LogP contribution in [0.25, 0.3) is 0 Å². The topological polar surface area (TPSA) is 21.3 Å². The lowest BCUT2D eigenvalue weighted by Gasteiger charge is -2.09. The zero-order valence-corrected chi connectivity index (χ0v) is 10.4. The van der Waals surface area contributed by atoms with Crippen molar-refractivity contribution < 1.29 is 4.74 Å². The van der Waals surface area contributed by atoms with Gasteiger partial charge in [-0.3, -0.25) is 0 Å².